The van der Waals surface area contributed by atoms with Crippen LogP contribution in [0.5, 0.6) is 5.75 Å². The summed E-state index contributed by atoms with van der Waals surface area (Å²) in [4.78, 5) is 24.4. The molecular weight excluding hydrogens is 458 g/mol. The fourth-order valence-electron chi connectivity index (χ4n) is 4.31. The molecular formula is C29H41NO6. The molecule has 0 aliphatic carbocycles. The van der Waals surface area contributed by atoms with Gasteiger partial charge in [-0.05, 0) is 74.4 Å². The first kappa shape index (κ1) is 29.3. The van der Waals surface area contributed by atoms with Crippen molar-refractivity contribution < 1.29 is 28.9 Å². The second kappa shape index (κ2) is 15.3. The van der Waals surface area contributed by atoms with Gasteiger partial charge in [-0.25, -0.2) is 4.79 Å². The van der Waals surface area contributed by atoms with Crippen molar-refractivity contribution in [2.45, 2.75) is 64.3 Å². The number of aromatic carboxylic acids is 1. The molecule has 2 heterocycles. The Kier molecular flexibility index (Phi) is 12.4. The number of ether oxygens (including phenoxy) is 3. The number of hydrogen-bond donors (Lipinski definition) is 2. The maximum atomic E-state index is 13.4. The van der Waals surface area contributed by atoms with Crippen LogP contribution in [0.1, 0.15) is 80.4 Å². The average Bonchev–Trinajstić information content (AvgIpc) is 2.95. The lowest BCUT2D eigenvalue weighted by molar-refractivity contribution is -0.131. The number of nitrogens with one attached hydrogen (secondary N) is 1. The third kappa shape index (κ3) is 8.07. The van der Waals surface area contributed by atoms with E-state index < -0.39 is 11.4 Å². The first-order valence-corrected chi connectivity index (χ1v) is 12.9. The molecule has 2 saturated heterocycles. The molecule has 2 aliphatic rings. The smallest absolute Gasteiger partial charge is 0.335 e. The van der Waals surface area contributed by atoms with Crippen molar-refractivity contribution in [2.75, 3.05) is 33.5 Å². The highest BCUT2D eigenvalue weighted by Crippen LogP contribution is 2.37. The first-order valence-electron chi connectivity index (χ1n) is 12.9. The van der Waals surface area contributed by atoms with E-state index in [0.29, 0.717) is 31.8 Å². The largest absolute Gasteiger partial charge is 0.497 e. The highest BCUT2D eigenvalue weighted by atomic mass is 16.5. The van der Waals surface area contributed by atoms with Gasteiger partial charge in [-0.3, -0.25) is 4.79 Å². The third-order valence-electron chi connectivity index (χ3n) is 6.49. The summed E-state index contributed by atoms with van der Waals surface area (Å²) in [5, 5.41) is 12.1. The van der Waals surface area contributed by atoms with Crippen LogP contribution in [-0.4, -0.2) is 50.5 Å². The van der Waals surface area contributed by atoms with Gasteiger partial charge in [0.2, 0.25) is 5.91 Å². The molecule has 2 N–H and O–H groups in total. The van der Waals surface area contributed by atoms with E-state index in [-0.39, 0.29) is 17.5 Å². The van der Waals surface area contributed by atoms with Gasteiger partial charge >= 0.3 is 5.97 Å². The fraction of sp³-hybridized carbons (Fsp3) is 0.517. The van der Waals surface area contributed by atoms with Crippen LogP contribution < -0.4 is 10.1 Å². The topological polar surface area (TPSA) is 94.1 Å². The van der Waals surface area contributed by atoms with E-state index in [2.05, 4.69) is 5.32 Å². The second-order valence-corrected chi connectivity index (χ2v) is 8.72. The minimum Gasteiger partial charge on any atom is -0.497 e. The molecule has 1 amide bonds. The number of hydrogen-bond acceptors (Lipinski definition) is 5. The van der Waals surface area contributed by atoms with Crippen LogP contribution >= 0.6 is 0 Å². The molecule has 1 atom stereocenters. The van der Waals surface area contributed by atoms with Gasteiger partial charge in [-0.1, -0.05) is 38.1 Å². The van der Waals surface area contributed by atoms with E-state index in [9.17, 15) is 9.59 Å². The Bertz CT molecular complexity index is 922. The third-order valence-corrected chi connectivity index (χ3v) is 6.49. The Balaban J connectivity index is 0.000000491. The van der Waals surface area contributed by atoms with E-state index in [1.165, 1.54) is 19.3 Å². The number of rotatable bonds is 6. The lowest BCUT2D eigenvalue weighted by Gasteiger charge is -2.37. The Morgan fingerprint density at radius 3 is 2.06 bits per heavy atom. The molecule has 7 heteroatoms. The summed E-state index contributed by atoms with van der Waals surface area (Å²) >= 11 is 0. The van der Waals surface area contributed by atoms with E-state index in [1.54, 1.807) is 31.4 Å². The van der Waals surface area contributed by atoms with Crippen LogP contribution in [0.2, 0.25) is 0 Å². The number of amides is 1. The zero-order valence-corrected chi connectivity index (χ0v) is 22.0. The monoisotopic (exact) mass is 499 g/mol. The zero-order chi connectivity index (χ0) is 26.4. The van der Waals surface area contributed by atoms with Crippen molar-refractivity contribution in [3.8, 4) is 5.75 Å². The molecule has 2 aliphatic heterocycles. The highest BCUT2D eigenvalue weighted by molar-refractivity contribution is 5.89. The molecule has 198 valence electrons. The first-order chi connectivity index (χ1) is 17.5. The Labute approximate surface area is 215 Å². The molecule has 2 fully saturated rings. The van der Waals surface area contributed by atoms with Gasteiger partial charge in [0, 0.05) is 26.4 Å². The van der Waals surface area contributed by atoms with Gasteiger partial charge < -0.3 is 24.6 Å². The molecule has 7 nitrogen and oxygen atoms in total. The molecule has 0 bridgehead atoms. The van der Waals surface area contributed by atoms with Gasteiger partial charge in [-0.15, -0.1) is 0 Å². The van der Waals surface area contributed by atoms with Crippen LogP contribution in [0.25, 0.3) is 0 Å². The van der Waals surface area contributed by atoms with Crippen LogP contribution in [0.3, 0.4) is 0 Å². The van der Waals surface area contributed by atoms with E-state index >= 15 is 0 Å². The van der Waals surface area contributed by atoms with Crippen molar-refractivity contribution in [1.29, 1.82) is 0 Å². The maximum absolute atomic E-state index is 13.4. The van der Waals surface area contributed by atoms with Crippen molar-refractivity contribution >= 4 is 11.9 Å². The summed E-state index contributed by atoms with van der Waals surface area (Å²) in [5.41, 5.74) is 1.31. The SMILES string of the molecule is C1CCOCC1.CC.COc1cccc(C2(C(=O)NC(C)c3ccc(C(=O)O)cc3)CCOCC2)c1. The number of carboxylic acid groups (broad SMARTS) is 1. The quantitative estimate of drug-likeness (QED) is 0.543. The molecule has 2 aromatic rings. The number of methoxy groups -OCH3 is 1. The second-order valence-electron chi connectivity index (χ2n) is 8.72. The zero-order valence-electron chi connectivity index (χ0n) is 22.0. The molecule has 4 rings (SSSR count). The number of benzene rings is 2. The summed E-state index contributed by atoms with van der Waals surface area (Å²) in [6, 6.07) is 13.9. The van der Waals surface area contributed by atoms with Gasteiger partial charge in [0.25, 0.3) is 0 Å². The van der Waals surface area contributed by atoms with Crippen molar-refractivity contribution in [3.05, 3.63) is 65.2 Å². The summed E-state index contributed by atoms with van der Waals surface area (Å²) in [6.45, 7) is 8.94. The molecule has 0 radical (unpaired) electrons. The normalized spacial score (nSPS) is 17.2. The molecule has 0 aromatic heterocycles. The Hall–Kier alpha value is -2.90. The van der Waals surface area contributed by atoms with Crippen LogP contribution in [0, 0.1) is 0 Å². The molecule has 1 unspecified atom stereocenters. The average molecular weight is 500 g/mol. The highest BCUT2D eigenvalue weighted by Gasteiger charge is 2.42. The fourth-order valence-corrected chi connectivity index (χ4v) is 4.31. The minimum absolute atomic E-state index is 0.0566. The molecule has 2 aromatic carbocycles. The summed E-state index contributed by atoms with van der Waals surface area (Å²) in [6.07, 6.45) is 5.12. The molecule has 36 heavy (non-hydrogen) atoms. The van der Waals surface area contributed by atoms with Crippen LogP contribution in [0.4, 0.5) is 0 Å². The van der Waals surface area contributed by atoms with Crippen LogP contribution in [0.15, 0.2) is 48.5 Å². The summed E-state index contributed by atoms with van der Waals surface area (Å²) in [5.74, 6) is -0.310. The van der Waals surface area contributed by atoms with Crippen molar-refractivity contribution in [2.24, 2.45) is 0 Å². The van der Waals surface area contributed by atoms with E-state index in [0.717, 1.165) is 24.3 Å². The Morgan fingerprint density at radius 2 is 1.56 bits per heavy atom. The predicted molar refractivity (Wildman–Crippen MR) is 141 cm³/mol. The van der Waals surface area contributed by atoms with E-state index in [4.69, 9.17) is 19.3 Å². The van der Waals surface area contributed by atoms with Gasteiger partial charge in [0.1, 0.15) is 5.75 Å². The van der Waals surface area contributed by atoms with Gasteiger partial charge in [-0.2, -0.15) is 0 Å². The van der Waals surface area contributed by atoms with Gasteiger partial charge in [0.05, 0.1) is 24.1 Å². The minimum atomic E-state index is -0.970. The molecule has 0 spiro atoms. The number of carbonyl (C=O) groups is 2. The van der Waals surface area contributed by atoms with Crippen LogP contribution in [-0.2, 0) is 19.7 Å². The standard InChI is InChI=1S/C22H25NO5.C5H10O.C2H6/c1-15(16-6-8-17(9-7-16)20(24)25)23-21(26)22(10-12-28-13-11-22)18-4-3-5-19(14-18)27-2;1-2-4-6-5-3-1;1-2/h3-9,14-15H,10-13H2,1-2H3,(H,23,26)(H,24,25);1-5H2;1-2H3. The number of carboxylic acids is 1. The Morgan fingerprint density at radius 1 is 0.944 bits per heavy atom. The maximum Gasteiger partial charge on any atom is 0.335 e. The summed E-state index contributed by atoms with van der Waals surface area (Å²) in [7, 11) is 1.61. The van der Waals surface area contributed by atoms with Crippen molar-refractivity contribution in [1.82, 2.24) is 5.32 Å². The lowest BCUT2D eigenvalue weighted by atomic mass is 9.73. The summed E-state index contributed by atoms with van der Waals surface area (Å²) < 4.78 is 15.9. The van der Waals surface area contributed by atoms with E-state index in [1.807, 2.05) is 45.0 Å². The lowest BCUT2D eigenvalue weighted by Crippen LogP contribution is -2.48. The van der Waals surface area contributed by atoms with Crippen molar-refractivity contribution in [3.63, 3.8) is 0 Å². The van der Waals surface area contributed by atoms with Gasteiger partial charge in [0.15, 0.2) is 0 Å². The predicted octanol–water partition coefficient (Wildman–Crippen LogP) is 5.53. The number of carbonyl (C=O) groups excluding carboxylic acids is 1. The molecule has 0 saturated carbocycles.